The van der Waals surface area contributed by atoms with Crippen LogP contribution in [0.25, 0.3) is 0 Å². The Balaban J connectivity index is 1.38. The maximum absolute atomic E-state index is 5.92. The lowest BCUT2D eigenvalue weighted by molar-refractivity contribution is 0.0545. The molecule has 1 saturated heterocycles. The van der Waals surface area contributed by atoms with Gasteiger partial charge in [-0.2, -0.15) is 0 Å². The zero-order valence-electron chi connectivity index (χ0n) is 14.7. The summed E-state index contributed by atoms with van der Waals surface area (Å²) in [7, 11) is 0. The van der Waals surface area contributed by atoms with Gasteiger partial charge in [0.2, 0.25) is 5.89 Å². The van der Waals surface area contributed by atoms with Gasteiger partial charge < -0.3 is 18.6 Å². The normalized spacial score (nSPS) is 22.6. The lowest BCUT2D eigenvalue weighted by atomic mass is 9.94. The van der Waals surface area contributed by atoms with Crippen molar-refractivity contribution in [2.24, 2.45) is 5.41 Å². The summed E-state index contributed by atoms with van der Waals surface area (Å²) in [6.07, 6.45) is 3.02. The average molecular weight is 344 g/mol. The number of aromatic nitrogens is 2. The van der Waals surface area contributed by atoms with Crippen molar-refractivity contribution < 1.29 is 18.6 Å². The van der Waals surface area contributed by atoms with Gasteiger partial charge in [0, 0.05) is 19.1 Å². The first kappa shape index (κ1) is 16.4. The predicted molar refractivity (Wildman–Crippen MR) is 90.8 cm³/mol. The molecule has 6 nitrogen and oxygen atoms in total. The molecule has 0 N–H and O–H groups in total. The van der Waals surface area contributed by atoms with E-state index in [-0.39, 0.29) is 6.10 Å². The third-order valence-corrected chi connectivity index (χ3v) is 5.23. The summed E-state index contributed by atoms with van der Waals surface area (Å²) < 4.78 is 22.7. The third kappa shape index (κ3) is 3.35. The Morgan fingerprint density at radius 1 is 1.16 bits per heavy atom. The molecule has 6 heteroatoms. The van der Waals surface area contributed by atoms with E-state index in [4.69, 9.17) is 18.6 Å². The van der Waals surface area contributed by atoms with Gasteiger partial charge in [-0.1, -0.05) is 0 Å². The van der Waals surface area contributed by atoms with Gasteiger partial charge in [-0.15, -0.1) is 10.2 Å². The van der Waals surface area contributed by atoms with Crippen molar-refractivity contribution in [3.63, 3.8) is 0 Å². The van der Waals surface area contributed by atoms with E-state index in [0.717, 1.165) is 49.9 Å². The van der Waals surface area contributed by atoms with Gasteiger partial charge in [0.05, 0.1) is 6.61 Å². The van der Waals surface area contributed by atoms with E-state index in [2.05, 4.69) is 10.2 Å². The van der Waals surface area contributed by atoms with Crippen LogP contribution in [0.1, 0.15) is 56.9 Å². The molecule has 25 heavy (non-hydrogen) atoms. The van der Waals surface area contributed by atoms with Gasteiger partial charge >= 0.3 is 0 Å². The quantitative estimate of drug-likeness (QED) is 0.792. The van der Waals surface area contributed by atoms with Crippen LogP contribution in [0.5, 0.6) is 11.5 Å². The summed E-state index contributed by atoms with van der Waals surface area (Å²) in [5.74, 6) is 3.24. The minimum Gasteiger partial charge on any atom is -0.494 e. The highest BCUT2D eigenvalue weighted by molar-refractivity contribution is 5.31. The number of hydrogen-bond acceptors (Lipinski definition) is 6. The molecule has 1 saturated carbocycles. The van der Waals surface area contributed by atoms with Crippen LogP contribution >= 0.6 is 0 Å². The average Bonchev–Trinajstić information content (AvgIpc) is 3.09. The third-order valence-electron chi connectivity index (χ3n) is 5.23. The highest BCUT2D eigenvalue weighted by atomic mass is 16.5. The molecule has 0 amide bonds. The first-order valence-corrected chi connectivity index (χ1v) is 9.01. The fourth-order valence-corrected chi connectivity index (χ4v) is 3.61. The Morgan fingerprint density at radius 2 is 1.88 bits per heavy atom. The monoisotopic (exact) mass is 344 g/mol. The van der Waals surface area contributed by atoms with Gasteiger partial charge in [-0.05, 0) is 62.8 Å². The second-order valence-electron chi connectivity index (χ2n) is 6.87. The molecule has 2 aromatic rings. The summed E-state index contributed by atoms with van der Waals surface area (Å²) in [6.45, 7) is 6.22. The molecule has 0 bridgehead atoms. The molecule has 1 aromatic carbocycles. The van der Waals surface area contributed by atoms with E-state index in [9.17, 15) is 0 Å². The highest BCUT2D eigenvalue weighted by Crippen LogP contribution is 2.64. The molecule has 0 radical (unpaired) electrons. The minimum atomic E-state index is -0.288. The van der Waals surface area contributed by atoms with Crippen molar-refractivity contribution in [1.29, 1.82) is 0 Å². The molecular weight excluding hydrogens is 320 g/mol. The standard InChI is InChI=1S/C19H24N2O4/c1-3-23-14-4-6-15(7-5-14)24-13(2)17-20-21-18(25-17)16-12-19(16)8-10-22-11-9-19/h4-7,13,16H,3,8-12H2,1-2H3/t13-,16-/m1/s1. The Kier molecular flexibility index (Phi) is 4.37. The van der Waals surface area contributed by atoms with E-state index >= 15 is 0 Å². The summed E-state index contributed by atoms with van der Waals surface area (Å²) in [4.78, 5) is 0. The summed E-state index contributed by atoms with van der Waals surface area (Å²) >= 11 is 0. The second kappa shape index (κ2) is 6.67. The molecule has 1 spiro atoms. The van der Waals surface area contributed by atoms with E-state index in [1.165, 1.54) is 0 Å². The van der Waals surface area contributed by atoms with Gasteiger partial charge in [-0.25, -0.2) is 0 Å². The van der Waals surface area contributed by atoms with E-state index in [1.54, 1.807) is 0 Å². The molecule has 134 valence electrons. The molecule has 2 heterocycles. The van der Waals surface area contributed by atoms with Crippen molar-refractivity contribution in [2.45, 2.75) is 45.1 Å². The van der Waals surface area contributed by atoms with Crippen molar-refractivity contribution in [2.75, 3.05) is 19.8 Å². The lowest BCUT2D eigenvalue weighted by Crippen LogP contribution is -2.18. The SMILES string of the molecule is CCOc1ccc(O[C@H](C)c2nnc([C@H]3CC34CCOCC4)o2)cc1. The molecule has 2 aliphatic rings. The second-order valence-corrected chi connectivity index (χ2v) is 6.87. The fraction of sp³-hybridized carbons (Fsp3) is 0.579. The number of ether oxygens (including phenoxy) is 3. The van der Waals surface area contributed by atoms with Crippen molar-refractivity contribution in [1.82, 2.24) is 10.2 Å². The van der Waals surface area contributed by atoms with Crippen molar-refractivity contribution in [3.05, 3.63) is 36.0 Å². The number of hydrogen-bond donors (Lipinski definition) is 0. The molecule has 1 aliphatic heterocycles. The Labute approximate surface area is 147 Å². The zero-order chi connectivity index (χ0) is 17.3. The maximum Gasteiger partial charge on any atom is 0.256 e. The lowest BCUT2D eigenvalue weighted by Gasteiger charge is -2.21. The van der Waals surface area contributed by atoms with Gasteiger partial charge in [-0.3, -0.25) is 0 Å². The highest BCUT2D eigenvalue weighted by Gasteiger charge is 2.57. The molecule has 1 aromatic heterocycles. The number of benzene rings is 1. The minimum absolute atomic E-state index is 0.288. The molecular formula is C19H24N2O4. The smallest absolute Gasteiger partial charge is 0.256 e. The van der Waals surface area contributed by atoms with Crippen LogP contribution in [-0.4, -0.2) is 30.0 Å². The van der Waals surface area contributed by atoms with E-state index < -0.39 is 0 Å². The van der Waals surface area contributed by atoms with Crippen LogP contribution in [0, 0.1) is 5.41 Å². The zero-order valence-corrected chi connectivity index (χ0v) is 14.7. The van der Waals surface area contributed by atoms with Crippen LogP contribution in [-0.2, 0) is 4.74 Å². The maximum atomic E-state index is 5.92. The molecule has 2 fully saturated rings. The van der Waals surface area contributed by atoms with Crippen LogP contribution in [0.4, 0.5) is 0 Å². The molecule has 1 aliphatic carbocycles. The largest absolute Gasteiger partial charge is 0.494 e. The van der Waals surface area contributed by atoms with E-state index in [0.29, 0.717) is 23.8 Å². The van der Waals surface area contributed by atoms with Crippen molar-refractivity contribution in [3.8, 4) is 11.5 Å². The Hall–Kier alpha value is -2.08. The Morgan fingerprint density at radius 3 is 2.60 bits per heavy atom. The van der Waals surface area contributed by atoms with Gasteiger partial charge in [0.1, 0.15) is 11.5 Å². The first-order valence-electron chi connectivity index (χ1n) is 9.01. The number of nitrogens with zero attached hydrogens (tertiary/aromatic N) is 2. The summed E-state index contributed by atoms with van der Waals surface area (Å²) in [5.41, 5.74) is 0.335. The Bertz CT molecular complexity index is 706. The molecule has 2 atom stereocenters. The van der Waals surface area contributed by atoms with Gasteiger partial charge in [0.25, 0.3) is 5.89 Å². The predicted octanol–water partition coefficient (Wildman–Crippen LogP) is 3.89. The van der Waals surface area contributed by atoms with Crippen LogP contribution in [0.15, 0.2) is 28.7 Å². The van der Waals surface area contributed by atoms with Gasteiger partial charge in [0.15, 0.2) is 6.10 Å². The molecule has 0 unspecified atom stereocenters. The summed E-state index contributed by atoms with van der Waals surface area (Å²) in [6, 6.07) is 7.56. The van der Waals surface area contributed by atoms with Crippen LogP contribution in [0.3, 0.4) is 0 Å². The first-order chi connectivity index (χ1) is 12.2. The topological polar surface area (TPSA) is 66.6 Å². The molecule has 4 rings (SSSR count). The van der Waals surface area contributed by atoms with Crippen LogP contribution < -0.4 is 9.47 Å². The fourth-order valence-electron chi connectivity index (χ4n) is 3.61. The van der Waals surface area contributed by atoms with E-state index in [1.807, 2.05) is 38.1 Å². The summed E-state index contributed by atoms with van der Waals surface area (Å²) in [5, 5.41) is 8.47. The van der Waals surface area contributed by atoms with Crippen LogP contribution in [0.2, 0.25) is 0 Å². The van der Waals surface area contributed by atoms with Crippen molar-refractivity contribution >= 4 is 0 Å². The number of rotatable bonds is 6.